The molecule has 10 heteroatoms. The fourth-order valence-corrected chi connectivity index (χ4v) is 4.33. The number of halogens is 2. The molecule has 8 nitrogen and oxygen atoms in total. The average Bonchev–Trinajstić information content (AvgIpc) is 3.14. The van der Waals surface area contributed by atoms with Crippen molar-refractivity contribution in [3.8, 4) is 17.1 Å². The number of carbonyl (C=O) groups excluding carboxylic acids is 1. The first-order chi connectivity index (χ1) is 15.4. The van der Waals surface area contributed by atoms with Crippen molar-refractivity contribution >= 4 is 46.0 Å². The van der Waals surface area contributed by atoms with Gasteiger partial charge in [-0.25, -0.2) is 4.98 Å². The van der Waals surface area contributed by atoms with Crippen molar-refractivity contribution in [1.82, 2.24) is 25.1 Å². The van der Waals surface area contributed by atoms with E-state index in [4.69, 9.17) is 33.9 Å². The molecule has 3 N–H and O–H groups in total. The van der Waals surface area contributed by atoms with Gasteiger partial charge in [0.25, 0.3) is 0 Å². The minimum Gasteiger partial charge on any atom is -0.368 e. The van der Waals surface area contributed by atoms with Crippen molar-refractivity contribution in [3.63, 3.8) is 0 Å². The van der Waals surface area contributed by atoms with E-state index in [0.29, 0.717) is 40.3 Å². The molecule has 3 heterocycles. The Balaban J connectivity index is 1.71. The number of imidazole rings is 1. The zero-order chi connectivity index (χ0) is 22.5. The molecule has 2 aromatic carbocycles. The van der Waals surface area contributed by atoms with E-state index in [2.05, 4.69) is 15.5 Å². The van der Waals surface area contributed by atoms with Crippen LogP contribution in [0, 0.1) is 0 Å². The number of hydrogen-bond donors (Lipinski definition) is 2. The normalized spacial score (nSPS) is 15.0. The fraction of sp³-hybridized carbons (Fsp3) is 0.182. The number of rotatable bonds is 5. The van der Waals surface area contributed by atoms with Gasteiger partial charge in [-0.05, 0) is 43.4 Å². The molecule has 0 atom stereocenters. The molecule has 1 aliphatic heterocycles. The lowest BCUT2D eigenvalue weighted by atomic mass is 9.89. The van der Waals surface area contributed by atoms with Gasteiger partial charge in [0.15, 0.2) is 5.82 Å². The van der Waals surface area contributed by atoms with Gasteiger partial charge in [-0.1, -0.05) is 35.3 Å². The quantitative estimate of drug-likeness (QED) is 0.467. The molecule has 1 amide bonds. The molecule has 0 bridgehead atoms. The minimum atomic E-state index is -0.797. The average molecular weight is 468 g/mol. The Labute approximate surface area is 194 Å². The van der Waals surface area contributed by atoms with Crippen LogP contribution in [-0.2, 0) is 4.79 Å². The second kappa shape index (κ2) is 7.74. The number of anilines is 1. The maximum Gasteiger partial charge on any atom is 0.241 e. The third-order valence-electron chi connectivity index (χ3n) is 5.83. The highest BCUT2D eigenvalue weighted by Gasteiger charge is 2.48. The van der Waals surface area contributed by atoms with Gasteiger partial charge in [0.1, 0.15) is 16.9 Å². The Bertz CT molecular complexity index is 1330. The number of nitrogens with one attached hydrogen (secondary N) is 1. The van der Waals surface area contributed by atoms with Gasteiger partial charge < -0.3 is 16.0 Å². The number of amides is 1. The summed E-state index contributed by atoms with van der Waals surface area (Å²) < 4.78 is 1.98. The molecule has 1 saturated heterocycles. The number of likely N-dealkylation sites (N-methyl/N-ethyl adjacent to an activating group) is 1. The Morgan fingerprint density at radius 1 is 1.12 bits per heavy atom. The molecule has 1 fully saturated rings. The Morgan fingerprint density at radius 2 is 1.84 bits per heavy atom. The van der Waals surface area contributed by atoms with Gasteiger partial charge in [-0.15, -0.1) is 5.10 Å². The molecule has 0 radical (unpaired) electrons. The third-order valence-corrected chi connectivity index (χ3v) is 6.41. The van der Waals surface area contributed by atoms with Crippen molar-refractivity contribution in [1.29, 1.82) is 0 Å². The summed E-state index contributed by atoms with van der Waals surface area (Å²) in [4.78, 5) is 18.8. The number of fused-ring (bicyclic) bond motifs is 1. The number of aromatic nitrogens is 4. The van der Waals surface area contributed by atoms with Crippen molar-refractivity contribution < 1.29 is 4.79 Å². The predicted octanol–water partition coefficient (Wildman–Crippen LogP) is 3.05. The monoisotopic (exact) mass is 467 g/mol. The third kappa shape index (κ3) is 3.19. The van der Waals surface area contributed by atoms with Gasteiger partial charge in [-0.3, -0.25) is 9.36 Å². The molecule has 2 aromatic heterocycles. The van der Waals surface area contributed by atoms with Crippen LogP contribution < -0.4 is 16.0 Å². The number of primary amides is 1. The number of carbonyl (C=O) groups is 1. The first-order valence-electron chi connectivity index (χ1n) is 9.92. The predicted molar refractivity (Wildman–Crippen MR) is 125 cm³/mol. The topological polar surface area (TPSA) is 102 Å². The number of benzene rings is 2. The van der Waals surface area contributed by atoms with Crippen molar-refractivity contribution in [2.24, 2.45) is 5.73 Å². The number of nitrogens with two attached hydrogens (primary N) is 1. The summed E-state index contributed by atoms with van der Waals surface area (Å²) in [6.07, 6.45) is 1.67. The largest absolute Gasteiger partial charge is 0.368 e. The van der Waals surface area contributed by atoms with Crippen LogP contribution in [-0.4, -0.2) is 51.3 Å². The fourth-order valence-electron chi connectivity index (χ4n) is 3.98. The lowest BCUT2D eigenvalue weighted by Crippen LogP contribution is -2.74. The molecule has 1 aliphatic rings. The molecule has 0 unspecified atom stereocenters. The summed E-state index contributed by atoms with van der Waals surface area (Å²) in [5.74, 6) is 0.828. The molecule has 0 aliphatic carbocycles. The molecule has 4 aromatic rings. The molecule has 32 heavy (non-hydrogen) atoms. The number of hydrogen-bond acceptors (Lipinski definition) is 6. The smallest absolute Gasteiger partial charge is 0.241 e. The SMILES string of the molecule is CNC1(C(N)=O)CN(c2nncc3c2nc(-c2ccccc2Cl)n3-c2ccc(Cl)cc2)C1. The molecule has 0 saturated carbocycles. The molecule has 162 valence electrons. The van der Waals surface area contributed by atoms with Crippen LogP contribution in [0.25, 0.3) is 28.1 Å². The molecule has 5 rings (SSSR count). The van der Waals surface area contributed by atoms with Crippen molar-refractivity contribution in [2.75, 3.05) is 25.0 Å². The molecular weight excluding hydrogens is 449 g/mol. The van der Waals surface area contributed by atoms with Crippen LogP contribution in [0.4, 0.5) is 5.82 Å². The Kier molecular flexibility index (Phi) is 5.00. The van der Waals surface area contributed by atoms with E-state index < -0.39 is 11.4 Å². The van der Waals surface area contributed by atoms with Gasteiger partial charge in [0.05, 0.1) is 16.7 Å². The summed E-state index contributed by atoms with van der Waals surface area (Å²) in [5, 5.41) is 12.8. The van der Waals surface area contributed by atoms with Gasteiger partial charge in [0, 0.05) is 29.4 Å². The molecular formula is C22H19Cl2N7O. The van der Waals surface area contributed by atoms with Gasteiger partial charge >= 0.3 is 0 Å². The summed E-state index contributed by atoms with van der Waals surface area (Å²) in [6, 6.07) is 15.0. The van der Waals surface area contributed by atoms with E-state index >= 15 is 0 Å². The summed E-state index contributed by atoms with van der Waals surface area (Å²) in [5.41, 5.74) is 7.84. The van der Waals surface area contributed by atoms with Crippen molar-refractivity contribution in [2.45, 2.75) is 5.54 Å². The van der Waals surface area contributed by atoms with Crippen LogP contribution in [0.1, 0.15) is 0 Å². The van der Waals surface area contributed by atoms with E-state index in [9.17, 15) is 4.79 Å². The second-order valence-corrected chi connectivity index (χ2v) is 8.53. The van der Waals surface area contributed by atoms with Gasteiger partial charge in [-0.2, -0.15) is 5.10 Å². The minimum absolute atomic E-state index is 0.377. The highest BCUT2D eigenvalue weighted by molar-refractivity contribution is 6.33. The maximum atomic E-state index is 11.9. The maximum absolute atomic E-state index is 11.9. The van der Waals surface area contributed by atoms with E-state index in [-0.39, 0.29) is 0 Å². The van der Waals surface area contributed by atoms with E-state index in [0.717, 1.165) is 16.8 Å². The lowest BCUT2D eigenvalue weighted by molar-refractivity contribution is -0.125. The Hall–Kier alpha value is -3.20. The first-order valence-corrected chi connectivity index (χ1v) is 10.7. The lowest BCUT2D eigenvalue weighted by Gasteiger charge is -2.48. The van der Waals surface area contributed by atoms with E-state index in [1.165, 1.54) is 0 Å². The van der Waals surface area contributed by atoms with Crippen LogP contribution in [0.5, 0.6) is 0 Å². The summed E-state index contributed by atoms with van der Waals surface area (Å²) in [7, 11) is 1.72. The van der Waals surface area contributed by atoms with Crippen LogP contribution in [0.15, 0.2) is 54.7 Å². The number of nitrogens with zero attached hydrogens (tertiary/aromatic N) is 5. The van der Waals surface area contributed by atoms with E-state index in [1.807, 2.05) is 58.0 Å². The van der Waals surface area contributed by atoms with E-state index in [1.54, 1.807) is 13.2 Å². The van der Waals surface area contributed by atoms with Crippen molar-refractivity contribution in [3.05, 3.63) is 64.8 Å². The Morgan fingerprint density at radius 3 is 2.50 bits per heavy atom. The summed E-state index contributed by atoms with van der Waals surface area (Å²) in [6.45, 7) is 0.754. The zero-order valence-corrected chi connectivity index (χ0v) is 18.6. The standard InChI is InChI=1S/C22H19Cl2N7O/c1-26-22(21(25)32)11-30(12-22)20-18-17(10-27-29-20)31(14-8-6-13(23)7-9-14)19(28-18)15-4-2-3-5-16(15)24/h2-10,26H,11-12H2,1H3,(H2,25,32). The highest BCUT2D eigenvalue weighted by atomic mass is 35.5. The van der Waals surface area contributed by atoms with Crippen LogP contribution in [0.3, 0.4) is 0 Å². The van der Waals surface area contributed by atoms with Crippen LogP contribution >= 0.6 is 23.2 Å². The zero-order valence-electron chi connectivity index (χ0n) is 17.1. The highest BCUT2D eigenvalue weighted by Crippen LogP contribution is 2.37. The first kappa shape index (κ1) is 20.7. The summed E-state index contributed by atoms with van der Waals surface area (Å²) >= 11 is 12.6. The van der Waals surface area contributed by atoms with Gasteiger partial charge in [0.2, 0.25) is 5.91 Å². The van der Waals surface area contributed by atoms with Crippen LogP contribution in [0.2, 0.25) is 10.0 Å². The second-order valence-electron chi connectivity index (χ2n) is 7.68. The molecule has 0 spiro atoms.